The Hall–Kier alpha value is -2.96. The van der Waals surface area contributed by atoms with Crippen molar-refractivity contribution in [2.24, 2.45) is 0 Å². The quantitative estimate of drug-likeness (QED) is 0.742. The van der Waals surface area contributed by atoms with Gasteiger partial charge in [-0.1, -0.05) is 18.2 Å². The summed E-state index contributed by atoms with van der Waals surface area (Å²) in [5, 5.41) is 12.3. The van der Waals surface area contributed by atoms with Gasteiger partial charge in [-0.05, 0) is 18.9 Å². The van der Waals surface area contributed by atoms with Crippen LogP contribution in [-0.2, 0) is 13.0 Å². The molecule has 3 heterocycles. The minimum absolute atomic E-state index is 0.0740. The van der Waals surface area contributed by atoms with Crippen molar-refractivity contribution in [3.63, 3.8) is 0 Å². The molecule has 4 rings (SSSR count). The third kappa shape index (κ3) is 2.58. The largest absolute Gasteiger partial charge is 0.349 e. The molecule has 7 nitrogen and oxygen atoms in total. The van der Waals surface area contributed by atoms with Crippen molar-refractivity contribution in [2.75, 3.05) is 0 Å². The maximum Gasteiger partial charge on any atom is 0.255 e. The number of H-pyrrole nitrogens is 1. The number of amides is 1. The van der Waals surface area contributed by atoms with Crippen LogP contribution in [0.5, 0.6) is 0 Å². The standard InChI is InChI=1S/C17H17N5O2/c23-16-13-4-2-1-3-12(13)14(9-18-16)17(24)20-11-5-6-15-21-19-10-22(15)8-7-11/h1-4,9-11H,5-8H2,(H,18,23)(H,20,24). The molecular weight excluding hydrogens is 306 g/mol. The number of fused-ring (bicyclic) bond motifs is 2. The van der Waals surface area contributed by atoms with E-state index in [0.29, 0.717) is 16.3 Å². The summed E-state index contributed by atoms with van der Waals surface area (Å²) in [5.74, 6) is 0.798. The first-order valence-corrected chi connectivity index (χ1v) is 8.00. The molecule has 1 aliphatic rings. The van der Waals surface area contributed by atoms with Crippen LogP contribution in [-0.4, -0.2) is 31.7 Å². The maximum absolute atomic E-state index is 12.7. The highest BCUT2D eigenvalue weighted by molar-refractivity contribution is 6.06. The number of rotatable bonds is 2. The Labute approximate surface area is 137 Å². The Morgan fingerprint density at radius 3 is 2.96 bits per heavy atom. The molecule has 122 valence electrons. The van der Waals surface area contributed by atoms with Crippen molar-refractivity contribution < 1.29 is 4.79 Å². The van der Waals surface area contributed by atoms with Crippen LogP contribution in [0.4, 0.5) is 0 Å². The lowest BCUT2D eigenvalue weighted by Crippen LogP contribution is -2.35. The number of aromatic nitrogens is 4. The fourth-order valence-electron chi connectivity index (χ4n) is 3.21. The average Bonchev–Trinajstić information content (AvgIpc) is 2.97. The van der Waals surface area contributed by atoms with E-state index in [1.54, 1.807) is 24.5 Å². The number of pyridine rings is 1. The highest BCUT2D eigenvalue weighted by Gasteiger charge is 2.20. The van der Waals surface area contributed by atoms with Gasteiger partial charge in [0.1, 0.15) is 12.2 Å². The molecule has 7 heteroatoms. The Bertz CT molecular complexity index is 936. The number of hydrogen-bond donors (Lipinski definition) is 2. The summed E-state index contributed by atoms with van der Waals surface area (Å²) >= 11 is 0. The number of aryl methyl sites for hydroxylation is 2. The smallest absolute Gasteiger partial charge is 0.255 e. The van der Waals surface area contributed by atoms with E-state index in [1.165, 1.54) is 6.20 Å². The van der Waals surface area contributed by atoms with Crippen LogP contribution < -0.4 is 10.9 Å². The van der Waals surface area contributed by atoms with Crippen molar-refractivity contribution in [1.82, 2.24) is 25.1 Å². The van der Waals surface area contributed by atoms with Gasteiger partial charge in [-0.15, -0.1) is 10.2 Å². The molecule has 2 aromatic heterocycles. The van der Waals surface area contributed by atoms with Gasteiger partial charge in [0.05, 0.1) is 5.56 Å². The summed E-state index contributed by atoms with van der Waals surface area (Å²) < 4.78 is 2.03. The molecule has 1 amide bonds. The van der Waals surface area contributed by atoms with Gasteiger partial charge in [0, 0.05) is 36.0 Å². The monoisotopic (exact) mass is 323 g/mol. The molecule has 3 aromatic rings. The summed E-state index contributed by atoms with van der Waals surface area (Å²) in [6.45, 7) is 0.791. The lowest BCUT2D eigenvalue weighted by atomic mass is 10.1. The van der Waals surface area contributed by atoms with Crippen LogP contribution in [0.25, 0.3) is 10.8 Å². The highest BCUT2D eigenvalue weighted by atomic mass is 16.2. The van der Waals surface area contributed by atoms with E-state index in [2.05, 4.69) is 20.5 Å². The molecule has 0 spiro atoms. The maximum atomic E-state index is 12.7. The molecule has 0 fully saturated rings. The predicted molar refractivity (Wildman–Crippen MR) is 88.8 cm³/mol. The van der Waals surface area contributed by atoms with Gasteiger partial charge in [0.25, 0.3) is 11.5 Å². The molecule has 0 bridgehead atoms. The van der Waals surface area contributed by atoms with Gasteiger partial charge in [-0.2, -0.15) is 0 Å². The lowest BCUT2D eigenvalue weighted by molar-refractivity contribution is 0.0934. The van der Waals surface area contributed by atoms with Crippen molar-refractivity contribution in [2.45, 2.75) is 31.8 Å². The minimum atomic E-state index is -0.186. The van der Waals surface area contributed by atoms with E-state index >= 15 is 0 Å². The zero-order valence-electron chi connectivity index (χ0n) is 13.0. The van der Waals surface area contributed by atoms with Crippen LogP contribution in [0.1, 0.15) is 29.0 Å². The summed E-state index contributed by atoms with van der Waals surface area (Å²) in [7, 11) is 0. The highest BCUT2D eigenvalue weighted by Crippen LogP contribution is 2.17. The molecule has 0 aliphatic carbocycles. The zero-order chi connectivity index (χ0) is 16.5. The predicted octanol–water partition coefficient (Wildman–Crippen LogP) is 1.25. The third-order valence-corrected chi connectivity index (χ3v) is 4.52. The molecule has 1 unspecified atom stereocenters. The lowest BCUT2D eigenvalue weighted by Gasteiger charge is -2.16. The SMILES string of the molecule is O=C(NC1CCc2nncn2CC1)c1c[nH]c(=O)c2ccccc12. The van der Waals surface area contributed by atoms with E-state index < -0.39 is 0 Å². The topological polar surface area (TPSA) is 92.7 Å². The van der Waals surface area contributed by atoms with Gasteiger partial charge in [0.2, 0.25) is 0 Å². The normalized spacial score (nSPS) is 17.2. The second-order valence-electron chi connectivity index (χ2n) is 6.02. The number of hydrogen-bond acceptors (Lipinski definition) is 4. The third-order valence-electron chi connectivity index (χ3n) is 4.52. The van der Waals surface area contributed by atoms with Crippen molar-refractivity contribution in [3.05, 3.63) is 58.5 Å². The zero-order valence-corrected chi connectivity index (χ0v) is 13.0. The molecule has 0 saturated carbocycles. The van der Waals surface area contributed by atoms with Gasteiger partial charge in [-0.25, -0.2) is 0 Å². The van der Waals surface area contributed by atoms with E-state index in [9.17, 15) is 9.59 Å². The number of nitrogens with one attached hydrogen (secondary N) is 2. The molecule has 1 atom stereocenters. The molecule has 2 N–H and O–H groups in total. The Kier molecular flexibility index (Phi) is 3.60. The summed E-state index contributed by atoms with van der Waals surface area (Å²) in [6, 6.07) is 7.22. The van der Waals surface area contributed by atoms with Gasteiger partial charge in [0.15, 0.2) is 0 Å². The van der Waals surface area contributed by atoms with Crippen molar-refractivity contribution in [3.8, 4) is 0 Å². The van der Waals surface area contributed by atoms with Crippen LogP contribution in [0.2, 0.25) is 0 Å². The first-order valence-electron chi connectivity index (χ1n) is 8.00. The van der Waals surface area contributed by atoms with Crippen LogP contribution in [0.15, 0.2) is 41.6 Å². The van der Waals surface area contributed by atoms with E-state index in [-0.39, 0.29) is 17.5 Å². The Balaban J connectivity index is 1.56. The van der Waals surface area contributed by atoms with Crippen LogP contribution in [0, 0.1) is 0 Å². The molecular formula is C17H17N5O2. The fourth-order valence-corrected chi connectivity index (χ4v) is 3.21. The first kappa shape index (κ1) is 14.6. The van der Waals surface area contributed by atoms with E-state index in [4.69, 9.17) is 0 Å². The summed E-state index contributed by atoms with van der Waals surface area (Å²) in [4.78, 5) is 27.2. The van der Waals surface area contributed by atoms with Gasteiger partial charge < -0.3 is 14.9 Å². The minimum Gasteiger partial charge on any atom is -0.349 e. The van der Waals surface area contributed by atoms with E-state index in [1.807, 2.05) is 10.6 Å². The Morgan fingerprint density at radius 1 is 1.25 bits per heavy atom. The van der Waals surface area contributed by atoms with Crippen molar-refractivity contribution >= 4 is 16.7 Å². The second kappa shape index (κ2) is 5.92. The van der Waals surface area contributed by atoms with Gasteiger partial charge >= 0.3 is 0 Å². The van der Waals surface area contributed by atoms with Crippen molar-refractivity contribution in [1.29, 1.82) is 0 Å². The summed E-state index contributed by atoms with van der Waals surface area (Å²) in [5.41, 5.74) is 0.309. The number of carbonyl (C=O) groups is 1. The summed E-state index contributed by atoms with van der Waals surface area (Å²) in [6.07, 6.45) is 5.67. The van der Waals surface area contributed by atoms with E-state index in [0.717, 1.165) is 31.6 Å². The average molecular weight is 323 g/mol. The number of nitrogens with zero attached hydrogens (tertiary/aromatic N) is 3. The molecule has 0 saturated heterocycles. The van der Waals surface area contributed by atoms with Crippen LogP contribution in [0.3, 0.4) is 0 Å². The molecule has 1 aromatic carbocycles. The molecule has 24 heavy (non-hydrogen) atoms. The number of benzene rings is 1. The van der Waals surface area contributed by atoms with Crippen LogP contribution >= 0.6 is 0 Å². The first-order chi connectivity index (χ1) is 11.7. The van der Waals surface area contributed by atoms with Gasteiger partial charge in [-0.3, -0.25) is 9.59 Å². The molecule has 0 radical (unpaired) electrons. The number of aromatic amines is 1. The second-order valence-corrected chi connectivity index (χ2v) is 6.02. The fraction of sp³-hybridized carbons (Fsp3) is 0.294. The number of carbonyl (C=O) groups excluding carboxylic acids is 1. The Morgan fingerprint density at radius 2 is 2.08 bits per heavy atom. The molecule has 1 aliphatic heterocycles.